The van der Waals surface area contributed by atoms with Crippen molar-refractivity contribution in [3.8, 4) is 0 Å². The van der Waals surface area contributed by atoms with Gasteiger partial charge in [-0.05, 0) is 55.3 Å². The first-order valence-electron chi connectivity index (χ1n) is 6.53. The molecule has 2 nitrogen and oxygen atoms in total. The predicted molar refractivity (Wildman–Crippen MR) is 75.6 cm³/mol. The minimum atomic E-state index is -0.170. The average Bonchev–Trinajstić information content (AvgIpc) is 2.39. The van der Waals surface area contributed by atoms with E-state index in [9.17, 15) is 4.39 Å². The molecule has 0 amide bonds. The summed E-state index contributed by atoms with van der Waals surface area (Å²) in [5, 5.41) is 3.40. The number of nitrogens with one attached hydrogen (secondary N) is 1. The lowest BCUT2D eigenvalue weighted by molar-refractivity contribution is 0.600. The maximum absolute atomic E-state index is 13.4. The monoisotopic (exact) mass is 258 g/mol. The van der Waals surface area contributed by atoms with E-state index >= 15 is 0 Å². The molecule has 0 fully saturated rings. The van der Waals surface area contributed by atoms with Crippen molar-refractivity contribution >= 4 is 0 Å². The van der Waals surface area contributed by atoms with Crippen LogP contribution in [-0.2, 0) is 0 Å². The molecule has 0 aliphatic carbocycles. The topological polar surface area (TPSA) is 24.9 Å². The Balaban J connectivity index is 2.42. The quantitative estimate of drug-likeness (QED) is 0.907. The highest BCUT2D eigenvalue weighted by Gasteiger charge is 2.15. The zero-order chi connectivity index (χ0) is 13.8. The summed E-state index contributed by atoms with van der Waals surface area (Å²) in [7, 11) is 0. The molecule has 2 aromatic rings. The van der Waals surface area contributed by atoms with E-state index in [1.54, 1.807) is 6.92 Å². The lowest BCUT2D eigenvalue weighted by Gasteiger charge is -2.19. The molecule has 0 saturated carbocycles. The Bertz CT molecular complexity index is 566. The van der Waals surface area contributed by atoms with Gasteiger partial charge in [0.15, 0.2) is 0 Å². The van der Waals surface area contributed by atoms with Crippen molar-refractivity contribution in [3.63, 3.8) is 0 Å². The van der Waals surface area contributed by atoms with Crippen LogP contribution < -0.4 is 5.32 Å². The van der Waals surface area contributed by atoms with Crippen molar-refractivity contribution < 1.29 is 4.39 Å². The Morgan fingerprint density at radius 1 is 1.21 bits per heavy atom. The summed E-state index contributed by atoms with van der Waals surface area (Å²) in [4.78, 5) is 4.43. The molecular weight excluding hydrogens is 239 g/mol. The molecule has 0 saturated heterocycles. The summed E-state index contributed by atoms with van der Waals surface area (Å²) in [6.45, 7) is 6.71. The van der Waals surface area contributed by atoms with Crippen LogP contribution in [0.25, 0.3) is 0 Å². The van der Waals surface area contributed by atoms with Crippen LogP contribution in [0.2, 0.25) is 0 Å². The van der Waals surface area contributed by atoms with Gasteiger partial charge in [0.25, 0.3) is 0 Å². The highest BCUT2D eigenvalue weighted by molar-refractivity contribution is 5.32. The van der Waals surface area contributed by atoms with Crippen molar-refractivity contribution in [2.24, 2.45) is 0 Å². The summed E-state index contributed by atoms with van der Waals surface area (Å²) in [6, 6.07) is 9.26. The van der Waals surface area contributed by atoms with E-state index in [0.29, 0.717) is 5.56 Å². The molecule has 0 aliphatic heterocycles. The van der Waals surface area contributed by atoms with Crippen molar-refractivity contribution in [2.75, 3.05) is 6.54 Å². The molecule has 0 bridgehead atoms. The van der Waals surface area contributed by atoms with Gasteiger partial charge in [-0.1, -0.05) is 19.1 Å². The van der Waals surface area contributed by atoms with Crippen LogP contribution >= 0.6 is 0 Å². The predicted octanol–water partition coefficient (Wildman–Crippen LogP) is 3.54. The fourth-order valence-electron chi connectivity index (χ4n) is 2.16. The smallest absolute Gasteiger partial charge is 0.126 e. The molecule has 1 aromatic carbocycles. The lowest BCUT2D eigenvalue weighted by Crippen LogP contribution is -2.23. The first kappa shape index (κ1) is 13.7. The Kier molecular flexibility index (Phi) is 4.27. The molecular formula is C16H19FN2. The molecule has 3 heteroatoms. The molecule has 1 atom stereocenters. The third-order valence-electron chi connectivity index (χ3n) is 3.16. The Morgan fingerprint density at radius 2 is 2.00 bits per heavy atom. The van der Waals surface area contributed by atoms with Crippen LogP contribution in [-0.4, -0.2) is 11.5 Å². The van der Waals surface area contributed by atoms with Gasteiger partial charge in [0, 0.05) is 6.20 Å². The maximum atomic E-state index is 13.4. The minimum absolute atomic E-state index is 0.00389. The highest BCUT2D eigenvalue weighted by atomic mass is 19.1. The third kappa shape index (κ3) is 3.18. The molecule has 1 heterocycles. The molecule has 0 radical (unpaired) electrons. The number of nitrogens with zero attached hydrogens (tertiary/aromatic N) is 1. The van der Waals surface area contributed by atoms with E-state index in [1.165, 1.54) is 11.6 Å². The van der Waals surface area contributed by atoms with Gasteiger partial charge in [0.2, 0.25) is 0 Å². The number of rotatable bonds is 4. The molecule has 100 valence electrons. The molecule has 1 unspecified atom stereocenters. The summed E-state index contributed by atoms with van der Waals surface area (Å²) in [5.74, 6) is -0.170. The van der Waals surface area contributed by atoms with Crippen molar-refractivity contribution in [1.82, 2.24) is 10.3 Å². The SMILES string of the molecule is CCNC(c1ccc(F)c(C)c1)c1cc(C)ccn1. The minimum Gasteiger partial charge on any atom is -0.305 e. The Labute approximate surface area is 113 Å². The molecule has 19 heavy (non-hydrogen) atoms. The van der Waals surface area contributed by atoms with Gasteiger partial charge in [-0.15, -0.1) is 0 Å². The van der Waals surface area contributed by atoms with E-state index in [1.807, 2.05) is 31.3 Å². The number of hydrogen-bond donors (Lipinski definition) is 1. The van der Waals surface area contributed by atoms with Crippen molar-refractivity contribution in [3.05, 3.63) is 64.7 Å². The van der Waals surface area contributed by atoms with Crippen LogP contribution in [0.3, 0.4) is 0 Å². The normalized spacial score (nSPS) is 12.4. The van der Waals surface area contributed by atoms with Crippen LogP contribution in [0.5, 0.6) is 0 Å². The van der Waals surface area contributed by atoms with Gasteiger partial charge in [0.1, 0.15) is 5.82 Å². The van der Waals surface area contributed by atoms with Gasteiger partial charge in [0.05, 0.1) is 11.7 Å². The first-order valence-corrected chi connectivity index (χ1v) is 6.53. The zero-order valence-electron chi connectivity index (χ0n) is 11.6. The van der Waals surface area contributed by atoms with Crippen molar-refractivity contribution in [2.45, 2.75) is 26.8 Å². The number of halogens is 1. The fraction of sp³-hybridized carbons (Fsp3) is 0.312. The van der Waals surface area contributed by atoms with E-state index in [0.717, 1.165) is 17.8 Å². The number of hydrogen-bond acceptors (Lipinski definition) is 2. The summed E-state index contributed by atoms with van der Waals surface area (Å²) in [6.07, 6.45) is 1.81. The number of aryl methyl sites for hydroxylation is 2. The van der Waals surface area contributed by atoms with Gasteiger partial charge in [-0.2, -0.15) is 0 Å². The second-order valence-electron chi connectivity index (χ2n) is 4.76. The van der Waals surface area contributed by atoms with Gasteiger partial charge < -0.3 is 5.32 Å². The van der Waals surface area contributed by atoms with Crippen molar-refractivity contribution in [1.29, 1.82) is 0 Å². The number of benzene rings is 1. The average molecular weight is 258 g/mol. The summed E-state index contributed by atoms with van der Waals surface area (Å²) >= 11 is 0. The van der Waals surface area contributed by atoms with Gasteiger partial charge in [-0.3, -0.25) is 4.98 Å². The Morgan fingerprint density at radius 3 is 2.63 bits per heavy atom. The second kappa shape index (κ2) is 5.93. The van der Waals surface area contributed by atoms with Gasteiger partial charge in [-0.25, -0.2) is 4.39 Å². The standard InChI is InChI=1S/C16H19FN2/c1-4-18-16(15-9-11(2)7-8-19-15)13-5-6-14(17)12(3)10-13/h5-10,16,18H,4H2,1-3H3. The van der Waals surface area contributed by atoms with E-state index < -0.39 is 0 Å². The molecule has 2 rings (SSSR count). The number of pyridine rings is 1. The second-order valence-corrected chi connectivity index (χ2v) is 4.76. The molecule has 0 spiro atoms. The summed E-state index contributed by atoms with van der Waals surface area (Å²) in [5.41, 5.74) is 3.84. The lowest BCUT2D eigenvalue weighted by atomic mass is 10.00. The highest BCUT2D eigenvalue weighted by Crippen LogP contribution is 2.22. The van der Waals surface area contributed by atoms with E-state index in [2.05, 4.69) is 23.3 Å². The Hall–Kier alpha value is -1.74. The maximum Gasteiger partial charge on any atom is 0.126 e. The largest absolute Gasteiger partial charge is 0.305 e. The summed E-state index contributed by atoms with van der Waals surface area (Å²) < 4.78 is 13.4. The van der Waals surface area contributed by atoms with Gasteiger partial charge >= 0.3 is 0 Å². The zero-order valence-corrected chi connectivity index (χ0v) is 11.6. The van der Waals surface area contributed by atoms with Crippen LogP contribution in [0.1, 0.15) is 35.3 Å². The third-order valence-corrected chi connectivity index (χ3v) is 3.16. The first-order chi connectivity index (χ1) is 9.11. The molecule has 0 aliphatic rings. The van der Waals surface area contributed by atoms with Crippen LogP contribution in [0.4, 0.5) is 4.39 Å². The van der Waals surface area contributed by atoms with Crippen LogP contribution in [0.15, 0.2) is 36.5 Å². The fourth-order valence-corrected chi connectivity index (χ4v) is 2.16. The van der Waals surface area contributed by atoms with E-state index in [4.69, 9.17) is 0 Å². The molecule has 1 aromatic heterocycles. The number of aromatic nitrogens is 1. The van der Waals surface area contributed by atoms with E-state index in [-0.39, 0.29) is 11.9 Å². The molecule has 1 N–H and O–H groups in total. The van der Waals surface area contributed by atoms with Crippen LogP contribution in [0, 0.1) is 19.7 Å².